The van der Waals surface area contributed by atoms with E-state index in [1.165, 1.54) is 11.1 Å². The Morgan fingerprint density at radius 2 is 1.76 bits per heavy atom. The summed E-state index contributed by atoms with van der Waals surface area (Å²) in [5.74, 6) is 0. The molecule has 17 heavy (non-hydrogen) atoms. The lowest BCUT2D eigenvalue weighted by molar-refractivity contribution is 0.485. The fraction of sp³-hybridized carbons (Fsp3) is 0.357. The Morgan fingerprint density at radius 3 is 2.35 bits per heavy atom. The van der Waals surface area contributed by atoms with Gasteiger partial charge in [0.1, 0.15) is 0 Å². The summed E-state index contributed by atoms with van der Waals surface area (Å²) in [6, 6.07) is 11.2. The summed E-state index contributed by atoms with van der Waals surface area (Å²) in [5, 5.41) is 10.5. The van der Waals surface area contributed by atoms with E-state index in [0.717, 1.165) is 5.69 Å². The normalized spacial score (nSPS) is 14.5. The number of aromatic amines is 1. The first-order valence-electron chi connectivity index (χ1n) is 5.98. The van der Waals surface area contributed by atoms with Gasteiger partial charge in [-0.25, -0.2) is 0 Å². The third kappa shape index (κ3) is 2.94. The number of nitrogens with zero attached hydrogens (tertiary/aromatic N) is 1. The van der Waals surface area contributed by atoms with Crippen molar-refractivity contribution in [3.8, 4) is 0 Å². The van der Waals surface area contributed by atoms with Crippen LogP contribution in [0.25, 0.3) is 0 Å². The average Bonchev–Trinajstić information content (AvgIpc) is 2.83. The average molecular weight is 229 g/mol. The third-order valence-electron chi connectivity index (χ3n) is 3.07. The number of H-pyrrole nitrogens is 1. The van der Waals surface area contributed by atoms with E-state index in [0.29, 0.717) is 6.04 Å². The molecule has 0 saturated carbocycles. The molecule has 0 bridgehead atoms. The Balaban J connectivity index is 2.01. The third-order valence-corrected chi connectivity index (χ3v) is 3.07. The Morgan fingerprint density at radius 1 is 1.06 bits per heavy atom. The molecule has 1 aromatic carbocycles. The maximum atomic E-state index is 3.97. The highest BCUT2D eigenvalue weighted by Crippen LogP contribution is 2.18. The van der Waals surface area contributed by atoms with Gasteiger partial charge in [0.15, 0.2) is 0 Å². The Labute approximate surface area is 102 Å². The van der Waals surface area contributed by atoms with Gasteiger partial charge in [-0.1, -0.05) is 29.8 Å². The molecule has 0 aliphatic carbocycles. The second kappa shape index (κ2) is 5.15. The van der Waals surface area contributed by atoms with E-state index in [2.05, 4.69) is 60.6 Å². The molecular formula is C14H19N3. The monoisotopic (exact) mass is 229 g/mol. The molecule has 0 saturated heterocycles. The molecule has 1 aromatic heterocycles. The summed E-state index contributed by atoms with van der Waals surface area (Å²) in [5.41, 5.74) is 3.72. The standard InChI is InChI=1S/C14H19N3/c1-10-4-6-13(7-5-10)11(2)16-12(3)14-8-9-15-17-14/h4-9,11-12,16H,1-3H3,(H,15,17)/t11-,12?/m1/s1. The topological polar surface area (TPSA) is 40.7 Å². The van der Waals surface area contributed by atoms with Crippen LogP contribution < -0.4 is 5.32 Å². The SMILES string of the molecule is Cc1ccc([C@@H](C)NC(C)c2ccn[nH]2)cc1. The first kappa shape index (κ1) is 11.9. The highest BCUT2D eigenvalue weighted by atomic mass is 15.1. The van der Waals surface area contributed by atoms with Gasteiger partial charge in [-0.2, -0.15) is 5.10 Å². The van der Waals surface area contributed by atoms with E-state index in [1.54, 1.807) is 6.20 Å². The number of aromatic nitrogens is 2. The molecule has 1 heterocycles. The van der Waals surface area contributed by atoms with Crippen LogP contribution in [0.2, 0.25) is 0 Å². The van der Waals surface area contributed by atoms with Crippen molar-refractivity contribution in [2.45, 2.75) is 32.9 Å². The molecule has 2 atom stereocenters. The summed E-state index contributed by atoms with van der Waals surface area (Å²) in [6.07, 6.45) is 1.78. The predicted octanol–water partition coefficient (Wildman–Crippen LogP) is 3.13. The van der Waals surface area contributed by atoms with E-state index in [4.69, 9.17) is 0 Å². The van der Waals surface area contributed by atoms with Crippen LogP contribution in [0.4, 0.5) is 0 Å². The van der Waals surface area contributed by atoms with Gasteiger partial charge in [0, 0.05) is 18.3 Å². The van der Waals surface area contributed by atoms with Crippen LogP contribution in [0.1, 0.15) is 42.8 Å². The van der Waals surface area contributed by atoms with Crippen molar-refractivity contribution >= 4 is 0 Å². The summed E-state index contributed by atoms with van der Waals surface area (Å²) in [4.78, 5) is 0. The zero-order valence-electron chi connectivity index (χ0n) is 10.6. The van der Waals surface area contributed by atoms with Crippen LogP contribution in [0.5, 0.6) is 0 Å². The smallest absolute Gasteiger partial charge is 0.0518 e. The Bertz CT molecular complexity index is 445. The number of nitrogens with one attached hydrogen (secondary N) is 2. The fourth-order valence-electron chi connectivity index (χ4n) is 1.92. The first-order valence-corrected chi connectivity index (χ1v) is 5.98. The summed E-state index contributed by atoms with van der Waals surface area (Å²) in [7, 11) is 0. The van der Waals surface area contributed by atoms with E-state index < -0.39 is 0 Å². The van der Waals surface area contributed by atoms with Crippen molar-refractivity contribution in [2.24, 2.45) is 0 Å². The van der Waals surface area contributed by atoms with Crippen molar-refractivity contribution < 1.29 is 0 Å². The Hall–Kier alpha value is -1.61. The van der Waals surface area contributed by atoms with E-state index in [-0.39, 0.29) is 6.04 Å². The molecule has 0 fully saturated rings. The van der Waals surface area contributed by atoms with Gasteiger partial charge in [-0.05, 0) is 32.4 Å². The number of aryl methyl sites for hydroxylation is 1. The van der Waals surface area contributed by atoms with Gasteiger partial charge >= 0.3 is 0 Å². The van der Waals surface area contributed by atoms with E-state index in [9.17, 15) is 0 Å². The van der Waals surface area contributed by atoms with Crippen LogP contribution >= 0.6 is 0 Å². The van der Waals surface area contributed by atoms with Crippen molar-refractivity contribution in [1.29, 1.82) is 0 Å². The number of hydrogen-bond donors (Lipinski definition) is 2. The van der Waals surface area contributed by atoms with Crippen molar-refractivity contribution in [1.82, 2.24) is 15.5 Å². The predicted molar refractivity (Wildman–Crippen MR) is 69.7 cm³/mol. The quantitative estimate of drug-likeness (QED) is 0.845. The lowest BCUT2D eigenvalue weighted by Crippen LogP contribution is -2.22. The number of hydrogen-bond acceptors (Lipinski definition) is 2. The Kier molecular flexibility index (Phi) is 3.59. The molecule has 2 aromatic rings. The van der Waals surface area contributed by atoms with Gasteiger partial charge < -0.3 is 5.32 Å². The highest BCUT2D eigenvalue weighted by Gasteiger charge is 2.11. The molecule has 0 amide bonds. The fourth-order valence-corrected chi connectivity index (χ4v) is 1.92. The molecule has 3 heteroatoms. The van der Waals surface area contributed by atoms with E-state index in [1.807, 2.05) is 6.07 Å². The van der Waals surface area contributed by atoms with Gasteiger partial charge in [0.05, 0.1) is 5.69 Å². The largest absolute Gasteiger partial charge is 0.302 e. The lowest BCUT2D eigenvalue weighted by Gasteiger charge is -2.19. The van der Waals surface area contributed by atoms with Crippen LogP contribution in [-0.4, -0.2) is 10.2 Å². The minimum absolute atomic E-state index is 0.272. The zero-order valence-corrected chi connectivity index (χ0v) is 10.6. The minimum Gasteiger partial charge on any atom is -0.302 e. The van der Waals surface area contributed by atoms with Crippen LogP contribution in [0.3, 0.4) is 0 Å². The zero-order chi connectivity index (χ0) is 12.3. The summed E-state index contributed by atoms with van der Waals surface area (Å²) >= 11 is 0. The molecule has 90 valence electrons. The molecule has 0 radical (unpaired) electrons. The summed E-state index contributed by atoms with van der Waals surface area (Å²) < 4.78 is 0. The highest BCUT2D eigenvalue weighted by molar-refractivity contribution is 5.24. The summed E-state index contributed by atoms with van der Waals surface area (Å²) in [6.45, 7) is 6.42. The van der Waals surface area contributed by atoms with Crippen LogP contribution in [0.15, 0.2) is 36.5 Å². The van der Waals surface area contributed by atoms with Gasteiger partial charge in [-0.3, -0.25) is 5.10 Å². The van der Waals surface area contributed by atoms with Crippen molar-refractivity contribution in [3.63, 3.8) is 0 Å². The molecule has 1 unspecified atom stereocenters. The van der Waals surface area contributed by atoms with E-state index >= 15 is 0 Å². The molecule has 2 rings (SSSR count). The first-order chi connectivity index (χ1) is 8.16. The molecule has 0 spiro atoms. The molecule has 0 aliphatic rings. The maximum Gasteiger partial charge on any atom is 0.0518 e. The maximum absolute atomic E-state index is 3.97. The number of benzene rings is 1. The van der Waals surface area contributed by atoms with Crippen molar-refractivity contribution in [2.75, 3.05) is 0 Å². The number of rotatable bonds is 4. The van der Waals surface area contributed by atoms with Gasteiger partial charge in [-0.15, -0.1) is 0 Å². The second-order valence-electron chi connectivity index (χ2n) is 4.53. The lowest BCUT2D eigenvalue weighted by atomic mass is 10.1. The van der Waals surface area contributed by atoms with Crippen molar-refractivity contribution in [3.05, 3.63) is 53.3 Å². The molecule has 0 aliphatic heterocycles. The minimum atomic E-state index is 0.272. The van der Waals surface area contributed by atoms with Gasteiger partial charge in [0.25, 0.3) is 0 Å². The molecular weight excluding hydrogens is 210 g/mol. The van der Waals surface area contributed by atoms with Gasteiger partial charge in [0.2, 0.25) is 0 Å². The second-order valence-corrected chi connectivity index (χ2v) is 4.53. The van der Waals surface area contributed by atoms with Crippen LogP contribution in [-0.2, 0) is 0 Å². The molecule has 2 N–H and O–H groups in total. The van der Waals surface area contributed by atoms with Crippen LogP contribution in [0, 0.1) is 6.92 Å². The molecule has 3 nitrogen and oxygen atoms in total.